The first-order chi connectivity index (χ1) is 8.72. The van der Waals surface area contributed by atoms with Gasteiger partial charge in [0.2, 0.25) is 17.7 Å². The number of hydrogen-bond acceptors (Lipinski definition) is 6. The zero-order chi connectivity index (χ0) is 13.0. The molecule has 6 heteroatoms. The van der Waals surface area contributed by atoms with E-state index in [2.05, 4.69) is 22.2 Å². The molecule has 1 aromatic rings. The highest BCUT2D eigenvalue weighted by molar-refractivity contribution is 5.34. The zero-order valence-electron chi connectivity index (χ0n) is 11.0. The smallest absolute Gasteiger partial charge is 0.229 e. The zero-order valence-corrected chi connectivity index (χ0v) is 11.0. The van der Waals surface area contributed by atoms with Crippen molar-refractivity contribution in [2.75, 3.05) is 32.8 Å². The largest absolute Gasteiger partial charge is 0.481 e. The Morgan fingerprint density at radius 3 is 2.50 bits per heavy atom. The highest BCUT2D eigenvalue weighted by atomic mass is 16.5. The first kappa shape index (κ1) is 12.9. The van der Waals surface area contributed by atoms with Crippen molar-refractivity contribution < 1.29 is 14.2 Å². The fourth-order valence-electron chi connectivity index (χ4n) is 1.95. The van der Waals surface area contributed by atoms with E-state index in [-0.39, 0.29) is 6.04 Å². The molecular weight excluding hydrogens is 234 g/mol. The van der Waals surface area contributed by atoms with Gasteiger partial charge in [0, 0.05) is 18.6 Å². The van der Waals surface area contributed by atoms with Crippen LogP contribution < -0.4 is 14.8 Å². The monoisotopic (exact) mass is 253 g/mol. The fourth-order valence-corrected chi connectivity index (χ4v) is 1.95. The van der Waals surface area contributed by atoms with Crippen LogP contribution >= 0.6 is 0 Å². The lowest BCUT2D eigenvalue weighted by Gasteiger charge is -2.19. The van der Waals surface area contributed by atoms with Crippen molar-refractivity contribution in [2.24, 2.45) is 5.92 Å². The summed E-state index contributed by atoms with van der Waals surface area (Å²) in [6.45, 7) is 3.73. The second-order valence-corrected chi connectivity index (χ2v) is 4.33. The van der Waals surface area contributed by atoms with Gasteiger partial charge in [-0.1, -0.05) is 0 Å². The Balaban J connectivity index is 2.07. The first-order valence-electron chi connectivity index (χ1n) is 6.04. The molecule has 1 fully saturated rings. The Morgan fingerprint density at radius 1 is 1.33 bits per heavy atom. The van der Waals surface area contributed by atoms with Crippen LogP contribution in [0.15, 0.2) is 6.07 Å². The summed E-state index contributed by atoms with van der Waals surface area (Å²) >= 11 is 0. The first-order valence-corrected chi connectivity index (χ1v) is 6.04. The second-order valence-electron chi connectivity index (χ2n) is 4.33. The third-order valence-corrected chi connectivity index (χ3v) is 3.13. The van der Waals surface area contributed by atoms with Crippen LogP contribution in [-0.2, 0) is 4.74 Å². The lowest BCUT2D eigenvalue weighted by atomic mass is 10.0. The van der Waals surface area contributed by atoms with Crippen LogP contribution in [0.4, 0.5) is 5.95 Å². The minimum absolute atomic E-state index is 0.254. The van der Waals surface area contributed by atoms with Crippen molar-refractivity contribution in [1.29, 1.82) is 0 Å². The summed E-state index contributed by atoms with van der Waals surface area (Å²) in [5.41, 5.74) is 0. The molecule has 1 aliphatic rings. The normalized spacial score (nSPS) is 20.5. The van der Waals surface area contributed by atoms with E-state index in [0.717, 1.165) is 19.6 Å². The molecule has 18 heavy (non-hydrogen) atoms. The van der Waals surface area contributed by atoms with Gasteiger partial charge in [-0.25, -0.2) is 0 Å². The molecule has 100 valence electrons. The Hall–Kier alpha value is -1.56. The van der Waals surface area contributed by atoms with Crippen molar-refractivity contribution in [1.82, 2.24) is 9.97 Å². The number of methoxy groups -OCH3 is 2. The molecule has 1 aliphatic heterocycles. The van der Waals surface area contributed by atoms with E-state index in [9.17, 15) is 0 Å². The topological polar surface area (TPSA) is 65.5 Å². The third-order valence-electron chi connectivity index (χ3n) is 3.13. The molecule has 0 spiro atoms. The summed E-state index contributed by atoms with van der Waals surface area (Å²) in [7, 11) is 3.14. The van der Waals surface area contributed by atoms with Crippen molar-refractivity contribution in [3.63, 3.8) is 0 Å². The van der Waals surface area contributed by atoms with Crippen LogP contribution in [0, 0.1) is 5.92 Å². The van der Waals surface area contributed by atoms with E-state index in [4.69, 9.17) is 14.2 Å². The Bertz CT molecular complexity index is 372. The van der Waals surface area contributed by atoms with Gasteiger partial charge < -0.3 is 19.5 Å². The molecule has 6 nitrogen and oxygen atoms in total. The maximum Gasteiger partial charge on any atom is 0.229 e. The van der Waals surface area contributed by atoms with Crippen molar-refractivity contribution in [3.8, 4) is 11.8 Å². The second kappa shape index (κ2) is 5.86. The van der Waals surface area contributed by atoms with Crippen LogP contribution in [0.25, 0.3) is 0 Å². The van der Waals surface area contributed by atoms with Gasteiger partial charge in [-0.3, -0.25) is 0 Å². The quantitative estimate of drug-likeness (QED) is 0.854. The van der Waals surface area contributed by atoms with Crippen LogP contribution in [0.2, 0.25) is 0 Å². The number of nitrogens with zero attached hydrogens (tertiary/aromatic N) is 2. The van der Waals surface area contributed by atoms with Gasteiger partial charge in [0.05, 0.1) is 26.9 Å². The summed E-state index contributed by atoms with van der Waals surface area (Å²) in [5.74, 6) is 1.98. The van der Waals surface area contributed by atoms with E-state index < -0.39 is 0 Å². The lowest BCUT2D eigenvalue weighted by molar-refractivity contribution is 0.183. The fraction of sp³-hybridized carbons (Fsp3) is 0.667. The van der Waals surface area contributed by atoms with Gasteiger partial charge in [-0.15, -0.1) is 0 Å². The van der Waals surface area contributed by atoms with Crippen LogP contribution in [0.5, 0.6) is 11.8 Å². The number of aromatic nitrogens is 2. The Kier molecular flexibility index (Phi) is 4.19. The van der Waals surface area contributed by atoms with E-state index in [1.165, 1.54) is 0 Å². The minimum atomic E-state index is 0.254. The predicted octanol–water partition coefficient (Wildman–Crippen LogP) is 1.33. The van der Waals surface area contributed by atoms with Gasteiger partial charge in [0.15, 0.2) is 0 Å². The van der Waals surface area contributed by atoms with Gasteiger partial charge in [-0.2, -0.15) is 9.97 Å². The van der Waals surface area contributed by atoms with Crippen LogP contribution in [0.1, 0.15) is 13.3 Å². The lowest BCUT2D eigenvalue weighted by Crippen LogP contribution is -2.27. The average Bonchev–Trinajstić information content (AvgIpc) is 2.92. The molecule has 0 aromatic carbocycles. The maximum atomic E-state index is 5.38. The molecule has 0 aliphatic carbocycles. The standard InChI is InChI=1S/C12H19N3O3/c1-8(9-4-5-18-7-9)13-12-14-10(16-2)6-11(15-12)17-3/h6,8-9H,4-5,7H2,1-3H3,(H,13,14,15). The van der Waals surface area contributed by atoms with Gasteiger partial charge in [-0.05, 0) is 13.3 Å². The summed E-state index contributed by atoms with van der Waals surface area (Å²) in [4.78, 5) is 8.49. The summed E-state index contributed by atoms with van der Waals surface area (Å²) in [6.07, 6.45) is 1.06. The molecule has 0 radical (unpaired) electrons. The van der Waals surface area contributed by atoms with Crippen LogP contribution in [0.3, 0.4) is 0 Å². The SMILES string of the molecule is COc1cc(OC)nc(NC(C)C2CCOC2)n1. The highest BCUT2D eigenvalue weighted by Crippen LogP contribution is 2.21. The Morgan fingerprint density at radius 2 is 2.00 bits per heavy atom. The number of nitrogens with one attached hydrogen (secondary N) is 1. The van der Waals surface area contributed by atoms with E-state index in [1.807, 2.05) is 0 Å². The van der Waals surface area contributed by atoms with Crippen molar-refractivity contribution in [2.45, 2.75) is 19.4 Å². The van der Waals surface area contributed by atoms with E-state index in [0.29, 0.717) is 23.6 Å². The third kappa shape index (κ3) is 3.01. The summed E-state index contributed by atoms with van der Waals surface area (Å²) in [6, 6.07) is 1.90. The number of ether oxygens (including phenoxy) is 3. The minimum Gasteiger partial charge on any atom is -0.481 e. The molecule has 0 amide bonds. The van der Waals surface area contributed by atoms with E-state index >= 15 is 0 Å². The maximum absolute atomic E-state index is 5.38. The molecule has 2 unspecified atom stereocenters. The summed E-state index contributed by atoms with van der Waals surface area (Å²) < 4.78 is 15.6. The Labute approximate surface area is 107 Å². The van der Waals surface area contributed by atoms with Gasteiger partial charge >= 0.3 is 0 Å². The molecule has 0 saturated carbocycles. The van der Waals surface area contributed by atoms with E-state index in [1.54, 1.807) is 20.3 Å². The van der Waals surface area contributed by atoms with Gasteiger partial charge in [0.1, 0.15) is 0 Å². The van der Waals surface area contributed by atoms with Crippen molar-refractivity contribution in [3.05, 3.63) is 6.07 Å². The summed E-state index contributed by atoms with van der Waals surface area (Å²) in [5, 5.41) is 3.27. The molecule has 2 rings (SSSR count). The molecule has 1 N–H and O–H groups in total. The number of anilines is 1. The number of rotatable bonds is 5. The molecule has 2 atom stereocenters. The van der Waals surface area contributed by atoms with Crippen molar-refractivity contribution >= 4 is 5.95 Å². The molecule has 1 aromatic heterocycles. The molecule has 2 heterocycles. The van der Waals surface area contributed by atoms with Crippen LogP contribution in [-0.4, -0.2) is 43.4 Å². The highest BCUT2D eigenvalue weighted by Gasteiger charge is 2.23. The molecule has 1 saturated heterocycles. The average molecular weight is 253 g/mol. The number of hydrogen-bond donors (Lipinski definition) is 1. The molecular formula is C12H19N3O3. The molecule has 0 bridgehead atoms. The predicted molar refractivity (Wildman–Crippen MR) is 67.1 cm³/mol. The van der Waals surface area contributed by atoms with Gasteiger partial charge in [0.25, 0.3) is 0 Å².